The summed E-state index contributed by atoms with van der Waals surface area (Å²) in [6.07, 6.45) is 0. The fourth-order valence-electron chi connectivity index (χ4n) is 2.26. The topological polar surface area (TPSA) is 63.2 Å². The molecule has 25 heavy (non-hydrogen) atoms. The first-order valence-corrected chi connectivity index (χ1v) is 7.51. The summed E-state index contributed by atoms with van der Waals surface area (Å²) < 4.78 is 32.3. The highest BCUT2D eigenvalue weighted by atomic mass is 35.5. The van der Waals surface area contributed by atoms with E-state index in [2.05, 4.69) is 15.6 Å². The Morgan fingerprint density at radius 1 is 1.12 bits per heavy atom. The maximum Gasteiger partial charge on any atom is 0.324 e. The lowest BCUT2D eigenvalue weighted by atomic mass is 10.2. The van der Waals surface area contributed by atoms with Gasteiger partial charge in [-0.25, -0.2) is 18.6 Å². The number of carbonyl (C=O) groups excluding carboxylic acids is 1. The van der Waals surface area contributed by atoms with E-state index >= 15 is 0 Å². The molecule has 0 aliphatic heterocycles. The molecule has 0 bridgehead atoms. The number of pyridine rings is 1. The highest BCUT2D eigenvalue weighted by Gasteiger charge is 2.11. The molecular formula is C17H12ClF2N3O2. The van der Waals surface area contributed by atoms with Gasteiger partial charge >= 0.3 is 6.03 Å². The summed E-state index contributed by atoms with van der Waals surface area (Å²) in [7, 11) is 1.42. The first-order valence-electron chi connectivity index (χ1n) is 7.13. The van der Waals surface area contributed by atoms with Crippen LogP contribution >= 0.6 is 11.6 Å². The van der Waals surface area contributed by atoms with Gasteiger partial charge in [0.25, 0.3) is 0 Å². The van der Waals surface area contributed by atoms with Crippen molar-refractivity contribution >= 4 is 40.0 Å². The van der Waals surface area contributed by atoms with Gasteiger partial charge < -0.3 is 10.1 Å². The van der Waals surface area contributed by atoms with Crippen molar-refractivity contribution in [2.45, 2.75) is 0 Å². The molecule has 0 unspecified atom stereocenters. The van der Waals surface area contributed by atoms with Gasteiger partial charge in [0.15, 0.2) is 0 Å². The molecule has 3 aromatic rings. The Labute approximate surface area is 146 Å². The van der Waals surface area contributed by atoms with Crippen molar-refractivity contribution in [1.29, 1.82) is 0 Å². The molecule has 0 aliphatic carbocycles. The van der Waals surface area contributed by atoms with Gasteiger partial charge in [-0.1, -0.05) is 11.6 Å². The molecule has 3 rings (SSSR count). The van der Waals surface area contributed by atoms with E-state index in [1.165, 1.54) is 43.5 Å². The number of halogens is 3. The smallest absolute Gasteiger partial charge is 0.324 e. The molecule has 0 radical (unpaired) electrons. The van der Waals surface area contributed by atoms with E-state index in [0.29, 0.717) is 16.7 Å². The standard InChI is InChI=1S/C17H12ClF2N3O2/c1-25-15-8-16(21-13-5-3-10(19)7-11(13)15)23-17(24)22-14-4-2-9(18)6-12(14)20/h2-8H,1H3,(H2,21,22,23,24). The monoisotopic (exact) mass is 363 g/mol. The van der Waals surface area contributed by atoms with Crippen LogP contribution in [-0.2, 0) is 0 Å². The molecule has 8 heteroatoms. The van der Waals surface area contributed by atoms with E-state index in [1.54, 1.807) is 0 Å². The lowest BCUT2D eigenvalue weighted by molar-refractivity contribution is 0.262. The van der Waals surface area contributed by atoms with Gasteiger partial charge in [0, 0.05) is 16.5 Å². The fourth-order valence-corrected chi connectivity index (χ4v) is 2.42. The number of benzene rings is 2. The van der Waals surface area contributed by atoms with Crippen molar-refractivity contribution in [3.05, 3.63) is 59.1 Å². The van der Waals surface area contributed by atoms with Gasteiger partial charge in [-0.3, -0.25) is 5.32 Å². The van der Waals surface area contributed by atoms with Crippen LogP contribution in [0.2, 0.25) is 5.02 Å². The number of hydrogen-bond acceptors (Lipinski definition) is 3. The van der Waals surface area contributed by atoms with Gasteiger partial charge in [-0.05, 0) is 36.4 Å². The molecule has 0 aliphatic rings. The molecule has 0 fully saturated rings. The van der Waals surface area contributed by atoms with Crippen LogP contribution in [0.25, 0.3) is 10.9 Å². The van der Waals surface area contributed by atoms with Crippen molar-refractivity contribution in [2.75, 3.05) is 17.7 Å². The van der Waals surface area contributed by atoms with Gasteiger partial charge in [0.2, 0.25) is 0 Å². The van der Waals surface area contributed by atoms with Gasteiger partial charge in [-0.2, -0.15) is 0 Å². The van der Waals surface area contributed by atoms with Crippen LogP contribution in [0.3, 0.4) is 0 Å². The third-order valence-electron chi connectivity index (χ3n) is 3.37. The van der Waals surface area contributed by atoms with Gasteiger partial charge in [0.05, 0.1) is 18.3 Å². The second-order valence-electron chi connectivity index (χ2n) is 5.07. The Balaban J connectivity index is 1.84. The summed E-state index contributed by atoms with van der Waals surface area (Å²) in [5.41, 5.74) is 0.408. The van der Waals surface area contributed by atoms with Crippen LogP contribution in [0.15, 0.2) is 42.5 Å². The Kier molecular flexibility index (Phi) is 4.67. The Morgan fingerprint density at radius 2 is 1.92 bits per heavy atom. The number of anilines is 2. The Bertz CT molecular complexity index is 966. The number of fused-ring (bicyclic) bond motifs is 1. The number of nitrogens with zero attached hydrogens (tertiary/aromatic N) is 1. The molecule has 0 atom stereocenters. The van der Waals surface area contributed by atoms with Crippen LogP contribution < -0.4 is 15.4 Å². The average Bonchev–Trinajstić information content (AvgIpc) is 2.57. The molecular weight excluding hydrogens is 352 g/mol. The first kappa shape index (κ1) is 16.9. The predicted octanol–water partition coefficient (Wildman–Crippen LogP) is 4.82. The summed E-state index contributed by atoms with van der Waals surface area (Å²) >= 11 is 5.66. The lowest BCUT2D eigenvalue weighted by Crippen LogP contribution is -2.20. The normalized spacial score (nSPS) is 10.6. The first-order chi connectivity index (χ1) is 12.0. The summed E-state index contributed by atoms with van der Waals surface area (Å²) in [4.78, 5) is 16.3. The van der Waals surface area contributed by atoms with Gasteiger partial charge in [-0.15, -0.1) is 0 Å². The summed E-state index contributed by atoms with van der Waals surface area (Å²) in [6.45, 7) is 0. The van der Waals surface area contributed by atoms with Crippen molar-refractivity contribution in [3.8, 4) is 5.75 Å². The van der Waals surface area contributed by atoms with Crippen molar-refractivity contribution < 1.29 is 18.3 Å². The fraction of sp³-hybridized carbons (Fsp3) is 0.0588. The highest BCUT2D eigenvalue weighted by molar-refractivity contribution is 6.30. The summed E-state index contributed by atoms with van der Waals surface area (Å²) in [5, 5.41) is 5.52. The molecule has 1 heterocycles. The van der Waals surface area contributed by atoms with E-state index in [0.717, 1.165) is 6.07 Å². The number of carbonyl (C=O) groups is 1. The Morgan fingerprint density at radius 3 is 2.64 bits per heavy atom. The SMILES string of the molecule is COc1cc(NC(=O)Nc2ccc(Cl)cc2F)nc2ccc(F)cc12. The van der Waals surface area contributed by atoms with E-state index in [4.69, 9.17) is 16.3 Å². The number of nitrogens with one attached hydrogen (secondary N) is 2. The number of urea groups is 1. The van der Waals surface area contributed by atoms with E-state index in [1.807, 2.05) is 0 Å². The average molecular weight is 364 g/mol. The molecule has 0 spiro atoms. The zero-order valence-electron chi connectivity index (χ0n) is 12.9. The zero-order valence-corrected chi connectivity index (χ0v) is 13.7. The zero-order chi connectivity index (χ0) is 18.0. The van der Waals surface area contributed by atoms with Crippen molar-refractivity contribution in [2.24, 2.45) is 0 Å². The number of aromatic nitrogens is 1. The predicted molar refractivity (Wildman–Crippen MR) is 92.3 cm³/mol. The van der Waals surface area contributed by atoms with Crippen LogP contribution in [0.5, 0.6) is 5.75 Å². The maximum atomic E-state index is 13.7. The second kappa shape index (κ2) is 6.90. The lowest BCUT2D eigenvalue weighted by Gasteiger charge is -2.11. The van der Waals surface area contributed by atoms with Crippen LogP contribution in [0, 0.1) is 11.6 Å². The van der Waals surface area contributed by atoms with E-state index < -0.39 is 17.7 Å². The largest absolute Gasteiger partial charge is 0.496 e. The second-order valence-corrected chi connectivity index (χ2v) is 5.51. The van der Waals surface area contributed by atoms with Crippen molar-refractivity contribution in [3.63, 3.8) is 0 Å². The number of hydrogen-bond donors (Lipinski definition) is 2. The summed E-state index contributed by atoms with van der Waals surface area (Å²) in [5.74, 6) is -0.577. The van der Waals surface area contributed by atoms with E-state index in [-0.39, 0.29) is 16.5 Å². The number of methoxy groups -OCH3 is 1. The summed E-state index contributed by atoms with van der Waals surface area (Å²) in [6, 6.07) is 8.63. The van der Waals surface area contributed by atoms with Crippen molar-refractivity contribution in [1.82, 2.24) is 4.98 Å². The molecule has 0 saturated carbocycles. The van der Waals surface area contributed by atoms with Crippen LogP contribution in [-0.4, -0.2) is 18.1 Å². The number of rotatable bonds is 3. The minimum Gasteiger partial charge on any atom is -0.496 e. The molecule has 0 saturated heterocycles. The van der Waals surface area contributed by atoms with Crippen LogP contribution in [0.4, 0.5) is 25.1 Å². The number of amides is 2. The van der Waals surface area contributed by atoms with Crippen LogP contribution in [0.1, 0.15) is 0 Å². The Hall–Kier alpha value is -2.93. The third kappa shape index (κ3) is 3.77. The minimum absolute atomic E-state index is 0.0308. The number of ether oxygens (including phenoxy) is 1. The molecule has 5 nitrogen and oxygen atoms in total. The minimum atomic E-state index is -0.697. The molecule has 1 aromatic heterocycles. The van der Waals surface area contributed by atoms with Gasteiger partial charge in [0.1, 0.15) is 23.2 Å². The maximum absolute atomic E-state index is 13.7. The van der Waals surface area contributed by atoms with E-state index in [9.17, 15) is 13.6 Å². The quantitative estimate of drug-likeness (QED) is 0.701. The molecule has 2 amide bonds. The molecule has 2 N–H and O–H groups in total. The molecule has 2 aromatic carbocycles. The molecule has 128 valence electrons. The third-order valence-corrected chi connectivity index (χ3v) is 3.61. The highest BCUT2D eigenvalue weighted by Crippen LogP contribution is 2.28.